The monoisotopic (exact) mass is 227 g/mol. The van der Waals surface area contributed by atoms with Crippen LogP contribution in [0.5, 0.6) is 0 Å². The third kappa shape index (κ3) is 2.79. The van der Waals surface area contributed by atoms with E-state index in [1.165, 1.54) is 6.20 Å². The summed E-state index contributed by atoms with van der Waals surface area (Å²) in [5, 5.41) is 3.65. The first-order valence-electron chi connectivity index (χ1n) is 4.97. The van der Waals surface area contributed by atoms with E-state index in [4.69, 9.17) is 16.3 Å². The zero-order chi connectivity index (χ0) is 10.7. The fourth-order valence-electron chi connectivity index (χ4n) is 1.56. The van der Waals surface area contributed by atoms with E-state index in [1.807, 2.05) is 0 Å². The van der Waals surface area contributed by atoms with Crippen LogP contribution in [0, 0.1) is 5.41 Å². The molecule has 1 atom stereocenters. The first-order valence-corrected chi connectivity index (χ1v) is 5.35. The molecular formula is C10H14ClN3O. The molecule has 2 heterocycles. The highest BCUT2D eigenvalue weighted by Crippen LogP contribution is 2.27. The van der Waals surface area contributed by atoms with Crippen molar-refractivity contribution in [1.29, 1.82) is 0 Å². The van der Waals surface area contributed by atoms with Crippen LogP contribution in [0.4, 0.5) is 5.82 Å². The number of anilines is 1. The van der Waals surface area contributed by atoms with Gasteiger partial charge in [0.1, 0.15) is 11.0 Å². The van der Waals surface area contributed by atoms with Gasteiger partial charge in [0.05, 0.1) is 19.0 Å². The molecular weight excluding hydrogens is 214 g/mol. The number of nitrogens with zero attached hydrogens (tertiary/aromatic N) is 2. The summed E-state index contributed by atoms with van der Waals surface area (Å²) in [6, 6.07) is 0. The number of nitrogens with one attached hydrogen (secondary N) is 1. The summed E-state index contributed by atoms with van der Waals surface area (Å²) in [4.78, 5) is 8.08. The second-order valence-electron chi connectivity index (χ2n) is 4.19. The lowest BCUT2D eigenvalue weighted by Gasteiger charge is -2.21. The Kier molecular flexibility index (Phi) is 3.07. The van der Waals surface area contributed by atoms with E-state index in [-0.39, 0.29) is 5.41 Å². The molecule has 1 aromatic rings. The van der Waals surface area contributed by atoms with Crippen LogP contribution in [0.15, 0.2) is 12.4 Å². The van der Waals surface area contributed by atoms with Crippen molar-refractivity contribution in [3.05, 3.63) is 17.5 Å². The summed E-state index contributed by atoms with van der Waals surface area (Å²) in [7, 11) is 0. The molecule has 1 unspecified atom stereocenters. The zero-order valence-electron chi connectivity index (χ0n) is 8.66. The Morgan fingerprint density at radius 1 is 1.53 bits per heavy atom. The highest BCUT2D eigenvalue weighted by atomic mass is 35.5. The van der Waals surface area contributed by atoms with Crippen LogP contribution in [0.1, 0.15) is 13.3 Å². The molecule has 1 saturated heterocycles. The van der Waals surface area contributed by atoms with E-state index in [0.717, 1.165) is 32.0 Å². The summed E-state index contributed by atoms with van der Waals surface area (Å²) in [6.45, 7) is 4.71. The van der Waals surface area contributed by atoms with Gasteiger partial charge in [-0.2, -0.15) is 0 Å². The molecule has 0 bridgehead atoms. The maximum atomic E-state index is 5.64. The number of rotatable bonds is 3. The fourth-order valence-corrected chi connectivity index (χ4v) is 1.65. The van der Waals surface area contributed by atoms with Crippen LogP contribution in [0.2, 0.25) is 5.15 Å². The molecule has 0 aromatic carbocycles. The Morgan fingerprint density at radius 3 is 3.00 bits per heavy atom. The molecule has 0 radical (unpaired) electrons. The molecule has 0 spiro atoms. The highest BCUT2D eigenvalue weighted by Gasteiger charge is 2.29. The highest BCUT2D eigenvalue weighted by molar-refractivity contribution is 6.29. The molecule has 0 aliphatic carbocycles. The maximum Gasteiger partial charge on any atom is 0.147 e. The van der Waals surface area contributed by atoms with Crippen molar-refractivity contribution in [1.82, 2.24) is 9.97 Å². The van der Waals surface area contributed by atoms with Crippen molar-refractivity contribution >= 4 is 17.4 Å². The van der Waals surface area contributed by atoms with Gasteiger partial charge in [-0.1, -0.05) is 18.5 Å². The minimum absolute atomic E-state index is 0.210. The Labute approximate surface area is 94.0 Å². The van der Waals surface area contributed by atoms with Crippen molar-refractivity contribution in [2.75, 3.05) is 25.1 Å². The standard InChI is InChI=1S/C10H14ClN3O/c1-10(2-3-15-7-10)6-14-9-5-12-8(11)4-13-9/h4-5H,2-3,6-7H2,1H3,(H,13,14). The molecule has 1 N–H and O–H groups in total. The van der Waals surface area contributed by atoms with Gasteiger partial charge in [-0.15, -0.1) is 0 Å². The second kappa shape index (κ2) is 4.33. The van der Waals surface area contributed by atoms with Gasteiger partial charge in [0, 0.05) is 18.6 Å². The predicted molar refractivity (Wildman–Crippen MR) is 59.1 cm³/mol. The van der Waals surface area contributed by atoms with Crippen molar-refractivity contribution in [3.63, 3.8) is 0 Å². The molecule has 82 valence electrons. The van der Waals surface area contributed by atoms with Crippen LogP contribution in [-0.2, 0) is 4.74 Å². The van der Waals surface area contributed by atoms with E-state index in [2.05, 4.69) is 22.2 Å². The predicted octanol–water partition coefficient (Wildman–Crippen LogP) is 1.97. The first kappa shape index (κ1) is 10.6. The van der Waals surface area contributed by atoms with Crippen molar-refractivity contribution < 1.29 is 4.74 Å². The van der Waals surface area contributed by atoms with Gasteiger partial charge < -0.3 is 10.1 Å². The smallest absolute Gasteiger partial charge is 0.147 e. The van der Waals surface area contributed by atoms with Crippen LogP contribution in [0.3, 0.4) is 0 Å². The SMILES string of the molecule is CC1(CNc2cnc(Cl)cn2)CCOC1. The number of halogens is 1. The van der Waals surface area contributed by atoms with Crippen LogP contribution < -0.4 is 5.32 Å². The molecule has 1 aliphatic heterocycles. The van der Waals surface area contributed by atoms with Gasteiger partial charge in [-0.3, -0.25) is 0 Å². The molecule has 1 aliphatic rings. The Morgan fingerprint density at radius 2 is 2.40 bits per heavy atom. The molecule has 1 aromatic heterocycles. The zero-order valence-corrected chi connectivity index (χ0v) is 9.42. The summed E-state index contributed by atoms with van der Waals surface area (Å²) >= 11 is 5.64. The number of ether oxygens (including phenoxy) is 1. The second-order valence-corrected chi connectivity index (χ2v) is 4.58. The van der Waals surface area contributed by atoms with E-state index in [9.17, 15) is 0 Å². The fraction of sp³-hybridized carbons (Fsp3) is 0.600. The maximum absolute atomic E-state index is 5.64. The van der Waals surface area contributed by atoms with Crippen molar-refractivity contribution in [2.45, 2.75) is 13.3 Å². The van der Waals surface area contributed by atoms with Gasteiger partial charge in [0.15, 0.2) is 0 Å². The summed E-state index contributed by atoms with van der Waals surface area (Å²) in [5.74, 6) is 0.757. The lowest BCUT2D eigenvalue weighted by Crippen LogP contribution is -2.26. The van der Waals surface area contributed by atoms with Gasteiger partial charge in [0.2, 0.25) is 0 Å². The summed E-state index contributed by atoms with van der Waals surface area (Å²) in [5.41, 5.74) is 0.210. The normalized spacial score (nSPS) is 25.5. The van der Waals surface area contributed by atoms with Crippen molar-refractivity contribution in [3.8, 4) is 0 Å². The summed E-state index contributed by atoms with van der Waals surface area (Å²) in [6.07, 6.45) is 4.26. The van der Waals surface area contributed by atoms with E-state index in [1.54, 1.807) is 6.20 Å². The average molecular weight is 228 g/mol. The Hall–Kier alpha value is -0.870. The third-order valence-electron chi connectivity index (χ3n) is 2.62. The van der Waals surface area contributed by atoms with Crippen LogP contribution >= 0.6 is 11.6 Å². The van der Waals surface area contributed by atoms with E-state index >= 15 is 0 Å². The first-order chi connectivity index (χ1) is 7.18. The van der Waals surface area contributed by atoms with Crippen LogP contribution in [-0.4, -0.2) is 29.7 Å². The van der Waals surface area contributed by atoms with Crippen LogP contribution in [0.25, 0.3) is 0 Å². The molecule has 0 amide bonds. The minimum Gasteiger partial charge on any atom is -0.381 e. The molecule has 0 saturated carbocycles. The molecule has 1 fully saturated rings. The van der Waals surface area contributed by atoms with E-state index in [0.29, 0.717) is 5.15 Å². The van der Waals surface area contributed by atoms with Gasteiger partial charge in [-0.05, 0) is 6.42 Å². The average Bonchev–Trinajstić information content (AvgIpc) is 2.65. The quantitative estimate of drug-likeness (QED) is 0.858. The van der Waals surface area contributed by atoms with Gasteiger partial charge in [0.25, 0.3) is 0 Å². The number of aromatic nitrogens is 2. The molecule has 2 rings (SSSR count). The van der Waals surface area contributed by atoms with E-state index < -0.39 is 0 Å². The Balaban J connectivity index is 1.90. The topological polar surface area (TPSA) is 47.0 Å². The lowest BCUT2D eigenvalue weighted by atomic mass is 9.90. The largest absolute Gasteiger partial charge is 0.381 e. The molecule has 15 heavy (non-hydrogen) atoms. The Bertz CT molecular complexity index is 322. The molecule has 4 nitrogen and oxygen atoms in total. The van der Waals surface area contributed by atoms with Gasteiger partial charge in [-0.25, -0.2) is 9.97 Å². The number of hydrogen-bond donors (Lipinski definition) is 1. The minimum atomic E-state index is 0.210. The van der Waals surface area contributed by atoms with Gasteiger partial charge >= 0.3 is 0 Å². The third-order valence-corrected chi connectivity index (χ3v) is 2.81. The number of hydrogen-bond acceptors (Lipinski definition) is 4. The van der Waals surface area contributed by atoms with Crippen molar-refractivity contribution in [2.24, 2.45) is 5.41 Å². The molecule has 5 heteroatoms. The summed E-state index contributed by atoms with van der Waals surface area (Å²) < 4.78 is 5.37. The lowest BCUT2D eigenvalue weighted by molar-refractivity contribution is 0.164.